The summed E-state index contributed by atoms with van der Waals surface area (Å²) in [5.74, 6) is 1.50. The number of carbonyl (C=O) groups is 1. The largest absolute Gasteiger partial charge is 0.497 e. The van der Waals surface area contributed by atoms with Gasteiger partial charge in [-0.15, -0.1) is 11.3 Å². The van der Waals surface area contributed by atoms with Gasteiger partial charge in [-0.2, -0.15) is 0 Å². The van der Waals surface area contributed by atoms with E-state index in [9.17, 15) is 4.79 Å². The fourth-order valence-electron chi connectivity index (χ4n) is 2.38. The van der Waals surface area contributed by atoms with Crippen LogP contribution < -0.4 is 14.8 Å². The molecule has 3 rings (SSSR count). The van der Waals surface area contributed by atoms with Crippen molar-refractivity contribution in [2.75, 3.05) is 19.5 Å². The molecule has 6 heteroatoms. The Labute approximate surface area is 150 Å². The normalized spacial score (nSPS) is 10.4. The minimum absolute atomic E-state index is 0.0506. The maximum Gasteiger partial charge on any atom is 0.187 e. The molecule has 0 amide bonds. The molecule has 0 atom stereocenters. The van der Waals surface area contributed by atoms with Crippen LogP contribution in [0.15, 0.2) is 47.8 Å². The second kappa shape index (κ2) is 7.36. The second-order valence-electron chi connectivity index (χ2n) is 5.36. The standard InChI is InChI=1S/C19H18N2O3S/c1-12(22)13-4-6-14(7-5-13)20-19-21-17(11-25-19)16-9-8-15(23-2)10-18(16)24-3/h4-11H,1-3H3,(H,20,21). The van der Waals surface area contributed by atoms with Crippen molar-refractivity contribution in [1.29, 1.82) is 0 Å². The highest BCUT2D eigenvalue weighted by molar-refractivity contribution is 7.14. The third-order valence-corrected chi connectivity index (χ3v) is 4.49. The van der Waals surface area contributed by atoms with Gasteiger partial charge in [0.2, 0.25) is 0 Å². The lowest BCUT2D eigenvalue weighted by atomic mass is 10.1. The molecular formula is C19H18N2O3S. The van der Waals surface area contributed by atoms with Gasteiger partial charge in [0.25, 0.3) is 0 Å². The van der Waals surface area contributed by atoms with Crippen molar-refractivity contribution in [3.63, 3.8) is 0 Å². The molecule has 5 nitrogen and oxygen atoms in total. The van der Waals surface area contributed by atoms with Crippen molar-refractivity contribution in [3.05, 3.63) is 53.4 Å². The van der Waals surface area contributed by atoms with Crippen LogP contribution in [0.5, 0.6) is 11.5 Å². The summed E-state index contributed by atoms with van der Waals surface area (Å²) in [6, 6.07) is 13.0. The fraction of sp³-hybridized carbons (Fsp3) is 0.158. The number of anilines is 2. The molecule has 0 fully saturated rings. The van der Waals surface area contributed by atoms with Crippen molar-refractivity contribution in [3.8, 4) is 22.8 Å². The van der Waals surface area contributed by atoms with E-state index in [1.165, 1.54) is 11.3 Å². The van der Waals surface area contributed by atoms with E-state index in [2.05, 4.69) is 10.3 Å². The SMILES string of the molecule is COc1ccc(-c2csc(Nc3ccc(C(C)=O)cc3)n2)c(OC)c1. The third kappa shape index (κ3) is 3.80. The molecule has 0 saturated heterocycles. The Hall–Kier alpha value is -2.86. The van der Waals surface area contributed by atoms with Crippen LogP contribution in [0.4, 0.5) is 10.8 Å². The molecule has 0 spiro atoms. The van der Waals surface area contributed by atoms with E-state index in [-0.39, 0.29) is 5.78 Å². The number of nitrogens with one attached hydrogen (secondary N) is 1. The minimum Gasteiger partial charge on any atom is -0.497 e. The van der Waals surface area contributed by atoms with Gasteiger partial charge >= 0.3 is 0 Å². The summed E-state index contributed by atoms with van der Waals surface area (Å²) < 4.78 is 10.7. The van der Waals surface area contributed by atoms with E-state index in [1.54, 1.807) is 33.3 Å². The van der Waals surface area contributed by atoms with E-state index in [1.807, 2.05) is 35.7 Å². The van der Waals surface area contributed by atoms with Gasteiger partial charge in [0.1, 0.15) is 11.5 Å². The second-order valence-corrected chi connectivity index (χ2v) is 6.22. The quantitative estimate of drug-likeness (QED) is 0.646. The van der Waals surface area contributed by atoms with Crippen LogP contribution in [-0.2, 0) is 0 Å². The van der Waals surface area contributed by atoms with Gasteiger partial charge < -0.3 is 14.8 Å². The number of hydrogen-bond donors (Lipinski definition) is 1. The average molecular weight is 354 g/mol. The number of benzene rings is 2. The predicted molar refractivity (Wildman–Crippen MR) is 100 cm³/mol. The van der Waals surface area contributed by atoms with Crippen molar-refractivity contribution in [1.82, 2.24) is 4.98 Å². The van der Waals surface area contributed by atoms with Crippen molar-refractivity contribution >= 4 is 27.9 Å². The summed E-state index contributed by atoms with van der Waals surface area (Å²) in [5.41, 5.74) is 3.30. The first-order chi connectivity index (χ1) is 12.1. The Bertz CT molecular complexity index is 888. The fourth-order valence-corrected chi connectivity index (χ4v) is 3.11. The maximum absolute atomic E-state index is 11.3. The number of methoxy groups -OCH3 is 2. The van der Waals surface area contributed by atoms with Gasteiger partial charge in [-0.25, -0.2) is 4.98 Å². The number of rotatable bonds is 6. The highest BCUT2D eigenvalue weighted by atomic mass is 32.1. The molecule has 0 aliphatic heterocycles. The van der Waals surface area contributed by atoms with Gasteiger partial charge in [-0.3, -0.25) is 4.79 Å². The van der Waals surface area contributed by atoms with E-state index in [4.69, 9.17) is 9.47 Å². The molecule has 0 aliphatic rings. The van der Waals surface area contributed by atoms with Gasteiger partial charge in [-0.05, 0) is 43.3 Å². The molecule has 128 valence electrons. The first-order valence-corrected chi connectivity index (χ1v) is 8.54. The molecule has 1 N–H and O–H groups in total. The summed E-state index contributed by atoms with van der Waals surface area (Å²) in [7, 11) is 3.25. The summed E-state index contributed by atoms with van der Waals surface area (Å²) in [4.78, 5) is 15.9. The van der Waals surface area contributed by atoms with Crippen LogP contribution in [0.3, 0.4) is 0 Å². The smallest absolute Gasteiger partial charge is 0.187 e. The number of ketones is 1. The Morgan fingerprint density at radius 1 is 1.08 bits per heavy atom. The highest BCUT2D eigenvalue weighted by Gasteiger charge is 2.11. The van der Waals surface area contributed by atoms with Gasteiger partial charge in [-0.1, -0.05) is 0 Å². The topological polar surface area (TPSA) is 60.5 Å². The van der Waals surface area contributed by atoms with E-state index in [0.29, 0.717) is 11.3 Å². The Kier molecular flexibility index (Phi) is 5.00. The number of hydrogen-bond acceptors (Lipinski definition) is 6. The number of nitrogens with zero attached hydrogens (tertiary/aromatic N) is 1. The van der Waals surface area contributed by atoms with Crippen LogP contribution in [-0.4, -0.2) is 25.0 Å². The zero-order valence-electron chi connectivity index (χ0n) is 14.2. The molecule has 0 aliphatic carbocycles. The van der Waals surface area contributed by atoms with Crippen LogP contribution in [0, 0.1) is 0 Å². The molecule has 0 saturated carbocycles. The average Bonchev–Trinajstić information content (AvgIpc) is 3.09. The minimum atomic E-state index is 0.0506. The molecule has 1 heterocycles. The molecule has 0 unspecified atom stereocenters. The van der Waals surface area contributed by atoms with Crippen molar-refractivity contribution < 1.29 is 14.3 Å². The van der Waals surface area contributed by atoms with E-state index < -0.39 is 0 Å². The number of carbonyl (C=O) groups excluding carboxylic acids is 1. The zero-order chi connectivity index (χ0) is 17.8. The first kappa shape index (κ1) is 17.0. The lowest BCUT2D eigenvalue weighted by molar-refractivity contribution is 0.101. The lowest BCUT2D eigenvalue weighted by Gasteiger charge is -2.08. The van der Waals surface area contributed by atoms with Crippen molar-refractivity contribution in [2.24, 2.45) is 0 Å². The molecule has 25 heavy (non-hydrogen) atoms. The van der Waals surface area contributed by atoms with Crippen LogP contribution in [0.2, 0.25) is 0 Å². The molecule has 3 aromatic rings. The number of thiazole rings is 1. The summed E-state index contributed by atoms with van der Waals surface area (Å²) >= 11 is 1.50. The number of aromatic nitrogens is 1. The van der Waals surface area contributed by atoms with E-state index in [0.717, 1.165) is 27.8 Å². The molecular weight excluding hydrogens is 336 g/mol. The Morgan fingerprint density at radius 2 is 1.84 bits per heavy atom. The zero-order valence-corrected chi connectivity index (χ0v) is 15.0. The molecule has 1 aromatic heterocycles. The summed E-state index contributed by atoms with van der Waals surface area (Å²) in [5, 5.41) is 5.99. The van der Waals surface area contributed by atoms with Gasteiger partial charge in [0.05, 0.1) is 19.9 Å². The summed E-state index contributed by atoms with van der Waals surface area (Å²) in [6.07, 6.45) is 0. The Balaban J connectivity index is 1.82. The lowest BCUT2D eigenvalue weighted by Crippen LogP contribution is -1.94. The summed E-state index contributed by atoms with van der Waals surface area (Å²) in [6.45, 7) is 1.55. The first-order valence-electron chi connectivity index (χ1n) is 7.66. The van der Waals surface area contributed by atoms with E-state index >= 15 is 0 Å². The highest BCUT2D eigenvalue weighted by Crippen LogP contribution is 2.35. The molecule has 2 aromatic carbocycles. The van der Waals surface area contributed by atoms with Crippen LogP contribution in [0.25, 0.3) is 11.3 Å². The molecule has 0 radical (unpaired) electrons. The van der Waals surface area contributed by atoms with Crippen LogP contribution >= 0.6 is 11.3 Å². The number of ether oxygens (including phenoxy) is 2. The Morgan fingerprint density at radius 3 is 2.48 bits per heavy atom. The number of Topliss-reactive ketones (excluding diaryl/α,β-unsaturated/α-hetero) is 1. The molecule has 0 bridgehead atoms. The van der Waals surface area contributed by atoms with Gasteiger partial charge in [0, 0.05) is 28.3 Å². The van der Waals surface area contributed by atoms with Gasteiger partial charge in [0.15, 0.2) is 10.9 Å². The monoisotopic (exact) mass is 354 g/mol. The van der Waals surface area contributed by atoms with Crippen LogP contribution in [0.1, 0.15) is 17.3 Å². The maximum atomic E-state index is 11.3. The van der Waals surface area contributed by atoms with Crippen molar-refractivity contribution in [2.45, 2.75) is 6.92 Å². The predicted octanol–water partition coefficient (Wildman–Crippen LogP) is 4.77. The third-order valence-electron chi connectivity index (χ3n) is 3.73.